The minimum Gasteiger partial charge on any atom is -0.368 e. The predicted molar refractivity (Wildman–Crippen MR) is 71.8 cm³/mol. The van der Waals surface area contributed by atoms with Crippen molar-refractivity contribution in [3.8, 4) is 10.7 Å². The van der Waals surface area contributed by atoms with Crippen LogP contribution in [-0.2, 0) is 12.2 Å². The van der Waals surface area contributed by atoms with Gasteiger partial charge < -0.3 is 11.5 Å². The molecule has 0 amide bonds. The van der Waals surface area contributed by atoms with Crippen LogP contribution < -0.4 is 11.5 Å². The standard InChI is InChI=1S/C10H11N5S2/c11-9-13-8(14-10(12)15-9)7-3-5-4-16-2-1-6(5)17-7/h3H,1-2,4H2,(H4,11,12,13,14,15). The first-order valence-electron chi connectivity index (χ1n) is 5.19. The van der Waals surface area contributed by atoms with Crippen molar-refractivity contribution >= 4 is 35.0 Å². The molecule has 1 aliphatic heterocycles. The average molecular weight is 265 g/mol. The van der Waals surface area contributed by atoms with Gasteiger partial charge in [-0.25, -0.2) is 0 Å². The van der Waals surface area contributed by atoms with Crippen molar-refractivity contribution < 1.29 is 0 Å². The minimum absolute atomic E-state index is 0.174. The smallest absolute Gasteiger partial charge is 0.225 e. The molecule has 4 N–H and O–H groups in total. The molecule has 2 aromatic rings. The van der Waals surface area contributed by atoms with Crippen LogP contribution >= 0.6 is 23.1 Å². The molecule has 0 bridgehead atoms. The zero-order chi connectivity index (χ0) is 11.8. The molecule has 3 heterocycles. The highest BCUT2D eigenvalue weighted by Gasteiger charge is 2.16. The van der Waals surface area contributed by atoms with Crippen LogP contribution in [0.4, 0.5) is 11.9 Å². The molecule has 0 atom stereocenters. The van der Waals surface area contributed by atoms with Gasteiger partial charge in [-0.1, -0.05) is 0 Å². The molecule has 7 heteroatoms. The maximum absolute atomic E-state index is 5.58. The van der Waals surface area contributed by atoms with E-state index >= 15 is 0 Å². The molecular formula is C10H11N5S2. The van der Waals surface area contributed by atoms with Crippen LogP contribution in [0, 0.1) is 0 Å². The third kappa shape index (κ3) is 2.07. The lowest BCUT2D eigenvalue weighted by atomic mass is 10.2. The third-order valence-corrected chi connectivity index (χ3v) is 4.76. The van der Waals surface area contributed by atoms with Gasteiger partial charge in [0.1, 0.15) is 0 Å². The fraction of sp³-hybridized carbons (Fsp3) is 0.300. The van der Waals surface area contributed by atoms with Crippen molar-refractivity contribution in [2.45, 2.75) is 12.2 Å². The fourth-order valence-electron chi connectivity index (χ4n) is 1.78. The van der Waals surface area contributed by atoms with Crippen LogP contribution in [0.2, 0.25) is 0 Å². The highest BCUT2D eigenvalue weighted by Crippen LogP contribution is 2.35. The number of thioether (sulfide) groups is 1. The lowest BCUT2D eigenvalue weighted by molar-refractivity contribution is 1.09. The number of nitrogen functional groups attached to an aromatic ring is 2. The molecule has 5 nitrogen and oxygen atoms in total. The minimum atomic E-state index is 0.174. The van der Waals surface area contributed by atoms with Crippen molar-refractivity contribution in [2.24, 2.45) is 0 Å². The summed E-state index contributed by atoms with van der Waals surface area (Å²) in [4.78, 5) is 14.5. The van der Waals surface area contributed by atoms with Gasteiger partial charge in [0.05, 0.1) is 4.88 Å². The van der Waals surface area contributed by atoms with Gasteiger partial charge in [0.25, 0.3) is 0 Å². The zero-order valence-corrected chi connectivity index (χ0v) is 10.6. The van der Waals surface area contributed by atoms with Crippen molar-refractivity contribution in [1.29, 1.82) is 0 Å². The van der Waals surface area contributed by atoms with E-state index in [1.807, 2.05) is 11.8 Å². The van der Waals surface area contributed by atoms with Gasteiger partial charge in [-0.05, 0) is 23.8 Å². The molecule has 88 valence electrons. The summed E-state index contributed by atoms with van der Waals surface area (Å²) in [5.74, 6) is 3.19. The molecule has 0 saturated heterocycles. The number of hydrogen-bond acceptors (Lipinski definition) is 7. The number of hydrogen-bond donors (Lipinski definition) is 2. The normalized spacial score (nSPS) is 14.6. The van der Waals surface area contributed by atoms with Crippen LogP contribution in [0.25, 0.3) is 10.7 Å². The quantitative estimate of drug-likeness (QED) is 0.813. The van der Waals surface area contributed by atoms with Crippen molar-refractivity contribution in [2.75, 3.05) is 17.2 Å². The molecule has 3 rings (SSSR count). The summed E-state index contributed by atoms with van der Waals surface area (Å²) < 4.78 is 0. The molecule has 0 aromatic carbocycles. The monoisotopic (exact) mass is 265 g/mol. The molecule has 0 saturated carbocycles. The Balaban J connectivity index is 2.05. The van der Waals surface area contributed by atoms with Crippen molar-refractivity contribution in [3.63, 3.8) is 0 Å². The van der Waals surface area contributed by atoms with Crippen LogP contribution in [0.1, 0.15) is 10.4 Å². The van der Waals surface area contributed by atoms with E-state index in [-0.39, 0.29) is 11.9 Å². The lowest BCUT2D eigenvalue weighted by Crippen LogP contribution is -2.03. The summed E-state index contributed by atoms with van der Waals surface area (Å²) in [6.45, 7) is 0. The summed E-state index contributed by atoms with van der Waals surface area (Å²) in [6.07, 6.45) is 1.13. The Morgan fingerprint density at radius 1 is 1.12 bits per heavy atom. The van der Waals surface area contributed by atoms with Gasteiger partial charge in [0.15, 0.2) is 5.82 Å². The van der Waals surface area contributed by atoms with Gasteiger partial charge >= 0.3 is 0 Å². The first-order valence-corrected chi connectivity index (χ1v) is 7.16. The van der Waals surface area contributed by atoms with Crippen LogP contribution in [0.5, 0.6) is 0 Å². The second-order valence-corrected chi connectivity index (χ2v) is 5.98. The summed E-state index contributed by atoms with van der Waals surface area (Å²) >= 11 is 3.69. The summed E-state index contributed by atoms with van der Waals surface area (Å²) in [5.41, 5.74) is 12.5. The van der Waals surface area contributed by atoms with E-state index in [4.69, 9.17) is 11.5 Å². The first kappa shape index (κ1) is 10.8. The van der Waals surface area contributed by atoms with E-state index in [0.717, 1.165) is 17.1 Å². The Kier molecular flexibility index (Phi) is 2.64. The summed E-state index contributed by atoms with van der Waals surface area (Å²) in [6, 6.07) is 2.14. The Morgan fingerprint density at radius 2 is 1.88 bits per heavy atom. The van der Waals surface area contributed by atoms with Crippen LogP contribution in [0.3, 0.4) is 0 Å². The summed E-state index contributed by atoms with van der Waals surface area (Å²) in [7, 11) is 0. The molecular weight excluding hydrogens is 254 g/mol. The Morgan fingerprint density at radius 3 is 2.59 bits per heavy atom. The predicted octanol–water partition coefficient (Wildman–Crippen LogP) is 1.55. The number of fused-ring (bicyclic) bond motifs is 1. The largest absolute Gasteiger partial charge is 0.368 e. The number of aryl methyl sites for hydroxylation is 1. The maximum Gasteiger partial charge on any atom is 0.225 e. The Hall–Kier alpha value is -1.34. The van der Waals surface area contributed by atoms with E-state index in [9.17, 15) is 0 Å². The highest BCUT2D eigenvalue weighted by atomic mass is 32.2. The van der Waals surface area contributed by atoms with Gasteiger partial charge in [0, 0.05) is 10.6 Å². The number of anilines is 2. The maximum atomic E-state index is 5.58. The molecule has 1 aliphatic rings. The fourth-order valence-corrected chi connectivity index (χ4v) is 4.08. The van der Waals surface area contributed by atoms with Crippen LogP contribution in [-0.4, -0.2) is 20.7 Å². The number of nitrogens with two attached hydrogens (primary N) is 2. The molecule has 17 heavy (non-hydrogen) atoms. The van der Waals surface area contributed by atoms with E-state index in [1.165, 1.54) is 16.2 Å². The first-order chi connectivity index (χ1) is 8.22. The average Bonchev–Trinajstić information content (AvgIpc) is 2.71. The van der Waals surface area contributed by atoms with Crippen molar-refractivity contribution in [1.82, 2.24) is 15.0 Å². The topological polar surface area (TPSA) is 90.7 Å². The van der Waals surface area contributed by atoms with E-state index in [1.54, 1.807) is 11.3 Å². The Labute approximate surface area is 107 Å². The van der Waals surface area contributed by atoms with Gasteiger partial charge in [-0.3, -0.25) is 0 Å². The molecule has 0 fully saturated rings. The van der Waals surface area contributed by atoms with Crippen molar-refractivity contribution in [3.05, 3.63) is 16.5 Å². The molecule has 0 spiro atoms. The lowest BCUT2D eigenvalue weighted by Gasteiger charge is -2.08. The SMILES string of the molecule is Nc1nc(N)nc(-c2cc3c(s2)CCSC3)n1. The van der Waals surface area contributed by atoms with E-state index in [2.05, 4.69) is 21.0 Å². The molecule has 0 aliphatic carbocycles. The number of aromatic nitrogens is 3. The molecule has 0 unspecified atom stereocenters. The zero-order valence-electron chi connectivity index (χ0n) is 9.01. The number of rotatable bonds is 1. The highest BCUT2D eigenvalue weighted by molar-refractivity contribution is 7.98. The van der Waals surface area contributed by atoms with Gasteiger partial charge in [-0.15, -0.1) is 11.3 Å². The molecule has 2 aromatic heterocycles. The molecule has 0 radical (unpaired) electrons. The van der Waals surface area contributed by atoms with Gasteiger partial charge in [0.2, 0.25) is 11.9 Å². The third-order valence-electron chi connectivity index (χ3n) is 2.52. The van der Waals surface area contributed by atoms with E-state index < -0.39 is 0 Å². The van der Waals surface area contributed by atoms with Gasteiger partial charge in [-0.2, -0.15) is 26.7 Å². The number of thiophene rings is 1. The second-order valence-electron chi connectivity index (χ2n) is 3.74. The Bertz CT molecular complexity index is 522. The second kappa shape index (κ2) is 4.15. The summed E-state index contributed by atoms with van der Waals surface area (Å²) in [5, 5.41) is 0. The van der Waals surface area contributed by atoms with E-state index in [0.29, 0.717) is 5.82 Å². The number of nitrogens with zero attached hydrogens (tertiary/aromatic N) is 3. The van der Waals surface area contributed by atoms with Crippen LogP contribution in [0.15, 0.2) is 6.07 Å².